The Kier molecular flexibility index (Phi) is 5.33. The Balaban J connectivity index is 1.45. The molecule has 0 spiro atoms. The topological polar surface area (TPSA) is 133 Å². The van der Waals surface area contributed by atoms with Gasteiger partial charge in [-0.3, -0.25) is 4.79 Å². The van der Waals surface area contributed by atoms with E-state index in [9.17, 15) is 9.18 Å². The summed E-state index contributed by atoms with van der Waals surface area (Å²) >= 11 is 6.09. The van der Waals surface area contributed by atoms with Crippen LogP contribution in [0.15, 0.2) is 53.8 Å². The van der Waals surface area contributed by atoms with Crippen molar-refractivity contribution in [1.29, 1.82) is 0 Å². The summed E-state index contributed by atoms with van der Waals surface area (Å²) in [6, 6.07) is 7.10. The van der Waals surface area contributed by atoms with E-state index in [1.165, 1.54) is 35.4 Å². The zero-order valence-corrected chi connectivity index (χ0v) is 20.0. The van der Waals surface area contributed by atoms with Crippen molar-refractivity contribution in [1.82, 2.24) is 39.7 Å². The van der Waals surface area contributed by atoms with Crippen molar-refractivity contribution in [3.05, 3.63) is 87.6 Å². The molecule has 3 N–H and O–H groups in total. The SMILES string of the molecule is C[C@H]1C[C@@H](c2ncc(-c3cc(N)ncc3F)[nH]2)n2c1cc(-c1c(-n3cnnn3)ccc(Cl)c1F)cc2=O. The number of hydrogen-bond acceptors (Lipinski definition) is 7. The van der Waals surface area contributed by atoms with Crippen LogP contribution in [0.2, 0.25) is 5.02 Å². The molecule has 0 bridgehead atoms. The van der Waals surface area contributed by atoms with Crippen molar-refractivity contribution < 1.29 is 8.78 Å². The number of tetrazole rings is 1. The summed E-state index contributed by atoms with van der Waals surface area (Å²) in [7, 11) is 0. The van der Waals surface area contributed by atoms with Crippen molar-refractivity contribution >= 4 is 17.4 Å². The first-order valence-corrected chi connectivity index (χ1v) is 11.6. The second-order valence-corrected chi connectivity index (χ2v) is 9.22. The van der Waals surface area contributed by atoms with E-state index in [4.69, 9.17) is 17.3 Å². The van der Waals surface area contributed by atoms with Crippen LogP contribution >= 0.6 is 11.6 Å². The van der Waals surface area contributed by atoms with Gasteiger partial charge in [-0.15, -0.1) is 5.10 Å². The van der Waals surface area contributed by atoms with E-state index in [0.717, 1.165) is 6.20 Å². The second-order valence-electron chi connectivity index (χ2n) is 8.81. The van der Waals surface area contributed by atoms with Gasteiger partial charge in [-0.1, -0.05) is 18.5 Å². The Morgan fingerprint density at radius 3 is 2.78 bits per heavy atom. The fraction of sp³-hybridized carbons (Fsp3) is 0.167. The molecule has 5 heterocycles. The Morgan fingerprint density at radius 1 is 1.16 bits per heavy atom. The van der Waals surface area contributed by atoms with E-state index >= 15 is 4.39 Å². The molecule has 0 unspecified atom stereocenters. The molecule has 0 saturated carbocycles. The molecule has 186 valence electrons. The number of anilines is 1. The lowest BCUT2D eigenvalue weighted by atomic mass is 9.99. The van der Waals surface area contributed by atoms with E-state index in [2.05, 4.69) is 30.5 Å². The number of nitrogen functional groups attached to an aromatic ring is 1. The molecular weight excluding hydrogens is 504 g/mol. The van der Waals surface area contributed by atoms with Gasteiger partial charge in [-0.2, -0.15) is 4.68 Å². The molecule has 4 aromatic heterocycles. The quantitative estimate of drug-likeness (QED) is 0.366. The van der Waals surface area contributed by atoms with Gasteiger partial charge in [0, 0.05) is 22.9 Å². The molecule has 6 rings (SSSR count). The number of H-pyrrole nitrogens is 1. The maximum Gasteiger partial charge on any atom is 0.252 e. The van der Waals surface area contributed by atoms with Crippen molar-refractivity contribution in [3.8, 4) is 28.1 Å². The van der Waals surface area contributed by atoms with Crippen LogP contribution in [0.1, 0.15) is 36.8 Å². The predicted molar refractivity (Wildman–Crippen MR) is 131 cm³/mol. The standard InChI is InChI=1S/C24H18ClF2N9O/c1-11-4-19(24-30-9-16(32-24)13-7-20(28)29-8-15(13)26)36-18(11)5-12(6-21(36)37)22-17(35-10-31-33-34-35)3-2-14(25)23(22)27/h2-3,5-11,19H,4H2,1H3,(H2,28,29)(H,30,32)/t11-,19-/m0/s1. The van der Waals surface area contributed by atoms with E-state index in [0.29, 0.717) is 34.9 Å². The van der Waals surface area contributed by atoms with Crippen LogP contribution in [0, 0.1) is 11.6 Å². The van der Waals surface area contributed by atoms with Crippen molar-refractivity contribution in [3.63, 3.8) is 0 Å². The molecule has 1 aromatic carbocycles. The Hall–Kier alpha value is -4.45. The van der Waals surface area contributed by atoms with Crippen LogP contribution in [0.3, 0.4) is 0 Å². The highest BCUT2D eigenvalue weighted by Crippen LogP contribution is 2.41. The molecule has 0 fully saturated rings. The molecule has 0 radical (unpaired) electrons. The third-order valence-corrected chi connectivity index (χ3v) is 6.82. The molecular formula is C24H18ClF2N9O. The predicted octanol–water partition coefficient (Wildman–Crippen LogP) is 3.89. The van der Waals surface area contributed by atoms with E-state index in [1.807, 2.05) is 6.92 Å². The van der Waals surface area contributed by atoms with E-state index in [1.54, 1.807) is 16.7 Å². The van der Waals surface area contributed by atoms with Crippen molar-refractivity contribution in [2.75, 3.05) is 5.73 Å². The largest absolute Gasteiger partial charge is 0.384 e. The lowest BCUT2D eigenvalue weighted by Crippen LogP contribution is -2.24. The van der Waals surface area contributed by atoms with Gasteiger partial charge < -0.3 is 15.3 Å². The minimum Gasteiger partial charge on any atom is -0.384 e. The highest BCUT2D eigenvalue weighted by atomic mass is 35.5. The van der Waals surface area contributed by atoms with Gasteiger partial charge in [0.15, 0.2) is 11.6 Å². The molecule has 0 saturated heterocycles. The number of nitrogens with zero attached hydrogens (tertiary/aromatic N) is 7. The third kappa shape index (κ3) is 3.76. The normalized spacial score (nSPS) is 16.8. The zero-order chi connectivity index (χ0) is 25.8. The van der Waals surface area contributed by atoms with Gasteiger partial charge >= 0.3 is 0 Å². The van der Waals surface area contributed by atoms with Gasteiger partial charge in [0.05, 0.1) is 34.8 Å². The Bertz CT molecular complexity index is 1710. The minimum atomic E-state index is -0.685. The molecule has 13 heteroatoms. The number of rotatable bonds is 4. The lowest BCUT2D eigenvalue weighted by molar-refractivity contribution is 0.556. The summed E-state index contributed by atoms with van der Waals surface area (Å²) in [5, 5.41) is 11.0. The molecule has 1 aliphatic heterocycles. The highest BCUT2D eigenvalue weighted by Gasteiger charge is 2.33. The number of nitrogens with two attached hydrogens (primary N) is 1. The first-order valence-electron chi connectivity index (χ1n) is 11.3. The third-order valence-electron chi connectivity index (χ3n) is 6.53. The second kappa shape index (κ2) is 8.59. The number of hydrogen-bond donors (Lipinski definition) is 2. The van der Waals surface area contributed by atoms with Gasteiger partial charge in [-0.25, -0.2) is 18.7 Å². The lowest BCUT2D eigenvalue weighted by Gasteiger charge is -2.16. The van der Waals surface area contributed by atoms with Gasteiger partial charge in [0.1, 0.15) is 18.0 Å². The number of halogens is 3. The molecule has 0 amide bonds. The monoisotopic (exact) mass is 521 g/mol. The fourth-order valence-corrected chi connectivity index (χ4v) is 4.99. The maximum atomic E-state index is 15.3. The number of fused-ring (bicyclic) bond motifs is 1. The smallest absolute Gasteiger partial charge is 0.252 e. The number of aromatic nitrogens is 8. The van der Waals surface area contributed by atoms with Gasteiger partial charge in [0.25, 0.3) is 5.56 Å². The summed E-state index contributed by atoms with van der Waals surface area (Å²) in [4.78, 5) is 24.7. The molecule has 37 heavy (non-hydrogen) atoms. The molecule has 5 aromatic rings. The first-order chi connectivity index (χ1) is 17.8. The van der Waals surface area contributed by atoms with E-state index in [-0.39, 0.29) is 33.4 Å². The number of aromatic amines is 1. The molecule has 10 nitrogen and oxygen atoms in total. The number of imidazole rings is 1. The molecule has 0 aliphatic carbocycles. The molecule has 2 atom stereocenters. The van der Waals surface area contributed by atoms with Gasteiger partial charge in [0.2, 0.25) is 0 Å². The zero-order valence-electron chi connectivity index (χ0n) is 19.2. The van der Waals surface area contributed by atoms with Crippen LogP contribution in [0.5, 0.6) is 0 Å². The van der Waals surface area contributed by atoms with Crippen LogP contribution < -0.4 is 11.3 Å². The number of nitrogens with one attached hydrogen (secondary N) is 1. The Morgan fingerprint density at radius 2 is 2.00 bits per heavy atom. The summed E-state index contributed by atoms with van der Waals surface area (Å²) in [5.74, 6) is -0.624. The van der Waals surface area contributed by atoms with Crippen LogP contribution in [0.4, 0.5) is 14.6 Å². The number of pyridine rings is 2. The number of benzene rings is 1. The summed E-state index contributed by atoms with van der Waals surface area (Å²) < 4.78 is 32.6. The highest BCUT2D eigenvalue weighted by molar-refractivity contribution is 6.31. The summed E-state index contributed by atoms with van der Waals surface area (Å²) in [6.07, 6.45) is 4.43. The van der Waals surface area contributed by atoms with Gasteiger partial charge in [-0.05, 0) is 52.6 Å². The maximum absolute atomic E-state index is 15.3. The first kappa shape index (κ1) is 23.0. The minimum absolute atomic E-state index is 0.0572. The van der Waals surface area contributed by atoms with Crippen LogP contribution in [0.25, 0.3) is 28.1 Å². The Labute approximate surface area is 212 Å². The average Bonchev–Trinajstić information content (AvgIpc) is 3.63. The average molecular weight is 522 g/mol. The van der Waals surface area contributed by atoms with Crippen molar-refractivity contribution in [2.24, 2.45) is 0 Å². The fourth-order valence-electron chi connectivity index (χ4n) is 4.83. The van der Waals surface area contributed by atoms with E-state index < -0.39 is 17.7 Å². The van der Waals surface area contributed by atoms with Crippen LogP contribution in [-0.2, 0) is 0 Å². The summed E-state index contributed by atoms with van der Waals surface area (Å²) in [5.41, 5.74) is 7.52. The molecule has 1 aliphatic rings. The van der Waals surface area contributed by atoms with Crippen LogP contribution in [-0.4, -0.2) is 39.7 Å². The summed E-state index contributed by atoms with van der Waals surface area (Å²) in [6.45, 7) is 1.97. The van der Waals surface area contributed by atoms with Crippen molar-refractivity contribution in [2.45, 2.75) is 25.3 Å².